The van der Waals surface area contributed by atoms with Gasteiger partial charge >= 0.3 is 0 Å². The first-order chi connectivity index (χ1) is 16.1. The Labute approximate surface area is 195 Å². The molecule has 3 aromatic rings. The van der Waals surface area contributed by atoms with E-state index < -0.39 is 0 Å². The van der Waals surface area contributed by atoms with E-state index in [1.807, 2.05) is 35.7 Å². The van der Waals surface area contributed by atoms with E-state index >= 15 is 0 Å². The van der Waals surface area contributed by atoms with Gasteiger partial charge in [-0.2, -0.15) is 0 Å². The molecule has 164 valence electrons. The van der Waals surface area contributed by atoms with Crippen molar-refractivity contribution >= 4 is 39.9 Å². The van der Waals surface area contributed by atoms with Crippen molar-refractivity contribution in [3.8, 4) is 11.3 Å². The van der Waals surface area contributed by atoms with Crippen LogP contribution < -0.4 is 10.2 Å². The predicted octanol–water partition coefficient (Wildman–Crippen LogP) is 4.76. The number of amides is 3. The van der Waals surface area contributed by atoms with Crippen molar-refractivity contribution in [2.75, 3.05) is 10.2 Å². The normalized spacial score (nSPS) is 25.4. The van der Waals surface area contributed by atoms with Crippen molar-refractivity contribution in [1.29, 1.82) is 0 Å². The maximum atomic E-state index is 13.1. The lowest BCUT2D eigenvalue weighted by Gasteiger charge is -2.38. The van der Waals surface area contributed by atoms with Gasteiger partial charge in [-0.05, 0) is 48.9 Å². The van der Waals surface area contributed by atoms with E-state index in [4.69, 9.17) is 0 Å². The van der Waals surface area contributed by atoms with Crippen LogP contribution in [0.3, 0.4) is 0 Å². The van der Waals surface area contributed by atoms with E-state index in [9.17, 15) is 14.4 Å². The Balaban J connectivity index is 1.18. The molecule has 0 spiro atoms. The Bertz CT molecular complexity index is 1250. The summed E-state index contributed by atoms with van der Waals surface area (Å²) in [6.07, 6.45) is 6.16. The average molecular weight is 456 g/mol. The first-order valence-corrected chi connectivity index (χ1v) is 12.0. The number of nitrogens with zero attached hydrogens (tertiary/aromatic N) is 2. The Hall–Kier alpha value is -3.58. The van der Waals surface area contributed by atoms with Gasteiger partial charge in [0.05, 0.1) is 23.2 Å². The fourth-order valence-corrected chi connectivity index (χ4v) is 6.05. The first-order valence-electron chi connectivity index (χ1n) is 11.1. The number of carbonyl (C=O) groups is 3. The van der Waals surface area contributed by atoms with Gasteiger partial charge in [0.15, 0.2) is 5.13 Å². The molecule has 3 amide bonds. The highest BCUT2D eigenvalue weighted by Crippen LogP contribution is 2.50. The molecule has 1 aliphatic heterocycles. The summed E-state index contributed by atoms with van der Waals surface area (Å²) in [6.45, 7) is 0. The molecule has 1 saturated carbocycles. The van der Waals surface area contributed by atoms with E-state index in [-0.39, 0.29) is 41.4 Å². The van der Waals surface area contributed by atoms with Gasteiger partial charge in [-0.15, -0.1) is 11.3 Å². The monoisotopic (exact) mass is 455 g/mol. The van der Waals surface area contributed by atoms with Crippen molar-refractivity contribution in [2.45, 2.75) is 12.8 Å². The highest BCUT2D eigenvalue weighted by atomic mass is 32.1. The van der Waals surface area contributed by atoms with Crippen molar-refractivity contribution in [1.82, 2.24) is 4.98 Å². The summed E-state index contributed by atoms with van der Waals surface area (Å²) in [5.74, 6) is -0.683. The molecule has 7 heteroatoms. The van der Waals surface area contributed by atoms with Gasteiger partial charge < -0.3 is 0 Å². The average Bonchev–Trinajstić information content (AvgIpc) is 3.44. The topological polar surface area (TPSA) is 79.4 Å². The van der Waals surface area contributed by atoms with E-state index in [0.717, 1.165) is 24.1 Å². The number of allylic oxidation sites excluding steroid dienone is 2. The molecule has 2 aromatic carbocycles. The zero-order chi connectivity index (χ0) is 22.5. The van der Waals surface area contributed by atoms with Crippen LogP contribution in [0.25, 0.3) is 11.3 Å². The lowest BCUT2D eigenvalue weighted by atomic mass is 9.63. The summed E-state index contributed by atoms with van der Waals surface area (Å²) in [7, 11) is 0. The summed E-state index contributed by atoms with van der Waals surface area (Å²) in [5, 5.41) is 5.24. The van der Waals surface area contributed by atoms with E-state index in [1.54, 1.807) is 24.3 Å². The Morgan fingerprint density at radius 2 is 1.55 bits per heavy atom. The van der Waals surface area contributed by atoms with Crippen LogP contribution in [-0.4, -0.2) is 22.7 Å². The fourth-order valence-electron chi connectivity index (χ4n) is 5.33. The zero-order valence-electron chi connectivity index (χ0n) is 17.7. The van der Waals surface area contributed by atoms with Gasteiger partial charge in [0.1, 0.15) is 0 Å². The smallest absolute Gasteiger partial charge is 0.257 e. The maximum absolute atomic E-state index is 13.1. The second kappa shape index (κ2) is 7.78. The minimum atomic E-state index is -0.287. The molecule has 33 heavy (non-hydrogen) atoms. The number of aromatic nitrogens is 1. The largest absolute Gasteiger partial charge is 0.298 e. The number of benzene rings is 2. The fraction of sp³-hybridized carbons (Fsp3) is 0.231. The zero-order valence-corrected chi connectivity index (χ0v) is 18.5. The van der Waals surface area contributed by atoms with Crippen LogP contribution in [0, 0.1) is 23.7 Å². The van der Waals surface area contributed by atoms with Crippen LogP contribution in [0.5, 0.6) is 0 Å². The van der Waals surface area contributed by atoms with Crippen molar-refractivity contribution in [3.63, 3.8) is 0 Å². The third kappa shape index (κ3) is 3.31. The molecule has 4 unspecified atom stereocenters. The second-order valence-corrected chi connectivity index (χ2v) is 9.62. The Kier molecular flexibility index (Phi) is 4.73. The van der Waals surface area contributed by atoms with Gasteiger partial charge in [0.2, 0.25) is 11.8 Å². The van der Waals surface area contributed by atoms with Gasteiger partial charge in [0, 0.05) is 16.5 Å². The number of hydrogen-bond acceptors (Lipinski definition) is 5. The minimum absolute atomic E-state index is 0.113. The molecular formula is C26H21N3O3S. The third-order valence-electron chi connectivity index (χ3n) is 6.94. The van der Waals surface area contributed by atoms with Crippen LogP contribution in [0.4, 0.5) is 10.8 Å². The number of thiazole rings is 1. The van der Waals surface area contributed by atoms with Gasteiger partial charge in [-0.25, -0.2) is 4.98 Å². The molecule has 2 fully saturated rings. The predicted molar refractivity (Wildman–Crippen MR) is 127 cm³/mol. The SMILES string of the molecule is O=C(Nc1nc(-c2ccccc2)cs1)c1ccc(N2C(=O)C3C4C=CC(CC4)C3C2=O)cc1. The summed E-state index contributed by atoms with van der Waals surface area (Å²) >= 11 is 1.36. The Morgan fingerprint density at radius 3 is 2.15 bits per heavy atom. The molecule has 6 nitrogen and oxygen atoms in total. The van der Waals surface area contributed by atoms with Crippen molar-refractivity contribution in [3.05, 3.63) is 77.7 Å². The minimum Gasteiger partial charge on any atom is -0.298 e. The Morgan fingerprint density at radius 1 is 0.909 bits per heavy atom. The highest BCUT2D eigenvalue weighted by molar-refractivity contribution is 7.14. The molecule has 7 rings (SSSR count). The number of carbonyl (C=O) groups excluding carboxylic acids is 3. The third-order valence-corrected chi connectivity index (χ3v) is 7.70. The molecule has 1 N–H and O–H groups in total. The number of fused-ring (bicyclic) bond motifs is 1. The molecule has 2 heterocycles. The van der Waals surface area contributed by atoms with Crippen LogP contribution in [0.15, 0.2) is 72.1 Å². The quantitative estimate of drug-likeness (QED) is 0.454. The first kappa shape index (κ1) is 20.1. The van der Waals surface area contributed by atoms with E-state index in [1.165, 1.54) is 16.2 Å². The number of imide groups is 1. The van der Waals surface area contributed by atoms with Gasteiger partial charge in [0.25, 0.3) is 5.91 Å². The lowest BCUT2D eigenvalue weighted by molar-refractivity contribution is -0.124. The number of rotatable bonds is 4. The van der Waals surface area contributed by atoms with E-state index in [2.05, 4.69) is 22.5 Å². The summed E-state index contributed by atoms with van der Waals surface area (Å²) in [4.78, 5) is 44.7. The number of hydrogen-bond donors (Lipinski definition) is 1. The second-order valence-electron chi connectivity index (χ2n) is 8.76. The summed E-state index contributed by atoms with van der Waals surface area (Å²) in [6, 6.07) is 16.4. The molecule has 3 aliphatic carbocycles. The van der Waals surface area contributed by atoms with Crippen LogP contribution in [-0.2, 0) is 9.59 Å². The molecule has 0 radical (unpaired) electrons. The summed E-state index contributed by atoms with van der Waals surface area (Å²) in [5.41, 5.74) is 2.76. The maximum Gasteiger partial charge on any atom is 0.257 e. The lowest BCUT2D eigenvalue weighted by Crippen LogP contribution is -2.38. The standard InChI is InChI=1S/C26H21N3O3S/c30-23(28-26-27-20(14-33-26)15-4-2-1-3-5-15)18-10-12-19(13-11-18)29-24(31)21-16-6-7-17(9-8-16)22(21)25(29)32/h1-7,10-14,16-17,21-22H,8-9H2,(H,27,28,30). The van der Waals surface area contributed by atoms with Gasteiger partial charge in [-0.3, -0.25) is 24.6 Å². The number of nitrogens with one attached hydrogen (secondary N) is 1. The van der Waals surface area contributed by atoms with Crippen molar-refractivity contribution in [2.24, 2.45) is 23.7 Å². The highest BCUT2D eigenvalue weighted by Gasteiger charge is 2.56. The summed E-state index contributed by atoms with van der Waals surface area (Å²) < 4.78 is 0. The van der Waals surface area contributed by atoms with Gasteiger partial charge in [-0.1, -0.05) is 42.5 Å². The van der Waals surface area contributed by atoms with Crippen molar-refractivity contribution < 1.29 is 14.4 Å². The van der Waals surface area contributed by atoms with Crippen LogP contribution >= 0.6 is 11.3 Å². The van der Waals surface area contributed by atoms with E-state index in [0.29, 0.717) is 16.4 Å². The number of anilines is 2. The molecule has 1 aromatic heterocycles. The molecule has 4 aliphatic rings. The molecule has 1 saturated heterocycles. The van der Waals surface area contributed by atoms with Crippen LogP contribution in [0.2, 0.25) is 0 Å². The molecular weight excluding hydrogens is 434 g/mol. The molecule has 2 bridgehead atoms. The molecule has 4 atom stereocenters. The van der Waals surface area contributed by atoms with Crippen LogP contribution in [0.1, 0.15) is 23.2 Å².